The molecule has 4 rings (SSSR count). The number of nitrogens with zero attached hydrogens (tertiary/aromatic N) is 2. The van der Waals surface area contributed by atoms with Crippen molar-refractivity contribution in [2.45, 2.75) is 45.3 Å². The number of hydrogen-bond donors (Lipinski definition) is 1. The molecule has 1 N–H and O–H groups in total. The van der Waals surface area contributed by atoms with Crippen LogP contribution in [0.3, 0.4) is 0 Å². The summed E-state index contributed by atoms with van der Waals surface area (Å²) >= 11 is 3.45. The van der Waals surface area contributed by atoms with Crippen molar-refractivity contribution in [3.63, 3.8) is 0 Å². The van der Waals surface area contributed by atoms with Gasteiger partial charge in [-0.25, -0.2) is 8.42 Å². The number of rotatable bonds is 14. The number of amides is 2. The van der Waals surface area contributed by atoms with Crippen molar-refractivity contribution in [1.29, 1.82) is 0 Å². The summed E-state index contributed by atoms with van der Waals surface area (Å²) in [5.74, 6) is 0.357. The van der Waals surface area contributed by atoms with Crippen molar-refractivity contribution in [1.82, 2.24) is 10.2 Å². The van der Waals surface area contributed by atoms with E-state index >= 15 is 0 Å². The Morgan fingerprint density at radius 2 is 1.40 bits per heavy atom. The highest BCUT2D eigenvalue weighted by molar-refractivity contribution is 9.10. The summed E-state index contributed by atoms with van der Waals surface area (Å²) in [6, 6.07) is 31.7. The topological polar surface area (TPSA) is 96.0 Å². The lowest BCUT2D eigenvalue weighted by atomic mass is 10.0. The van der Waals surface area contributed by atoms with Crippen LogP contribution in [0.2, 0.25) is 0 Å². The molecule has 0 saturated heterocycles. The van der Waals surface area contributed by atoms with Crippen LogP contribution in [0.4, 0.5) is 5.69 Å². The van der Waals surface area contributed by atoms with Crippen LogP contribution in [0.1, 0.15) is 31.4 Å². The zero-order chi connectivity index (χ0) is 32.4. The molecule has 0 spiro atoms. The average Bonchev–Trinajstić information content (AvgIpc) is 3.03. The summed E-state index contributed by atoms with van der Waals surface area (Å²) in [6.07, 6.45) is 2.04. The number of carbonyl (C=O) groups is 2. The van der Waals surface area contributed by atoms with E-state index in [1.165, 1.54) is 4.90 Å². The molecule has 2 unspecified atom stereocenters. The molecule has 0 saturated carbocycles. The highest BCUT2D eigenvalue weighted by Gasteiger charge is 2.33. The van der Waals surface area contributed by atoms with Gasteiger partial charge in [0.15, 0.2) is 0 Å². The first-order valence-electron chi connectivity index (χ1n) is 14.7. The summed E-state index contributed by atoms with van der Waals surface area (Å²) in [5.41, 5.74) is 1.98. The van der Waals surface area contributed by atoms with Gasteiger partial charge in [-0.15, -0.1) is 0 Å². The number of halogens is 1. The van der Waals surface area contributed by atoms with Gasteiger partial charge in [0.25, 0.3) is 0 Å². The Bertz CT molecular complexity index is 1650. The first-order valence-corrected chi connectivity index (χ1v) is 17.4. The monoisotopic (exact) mass is 691 g/mol. The summed E-state index contributed by atoms with van der Waals surface area (Å²) in [5, 5.41) is 3.04. The summed E-state index contributed by atoms with van der Waals surface area (Å²) in [7, 11) is -3.89. The zero-order valence-electron chi connectivity index (χ0n) is 25.6. The van der Waals surface area contributed by atoms with Crippen LogP contribution in [0, 0.1) is 0 Å². The van der Waals surface area contributed by atoms with Crippen LogP contribution in [0.5, 0.6) is 11.5 Å². The Kier molecular flexibility index (Phi) is 11.8. The van der Waals surface area contributed by atoms with E-state index in [0.717, 1.165) is 32.6 Å². The molecule has 0 aliphatic rings. The SMILES string of the molecule is CCC(C)NC(=O)C(Cc1ccccc1)N(Cc1ccc(Br)cc1)C(=O)CN(c1ccc(Oc2ccccc2)cc1)S(C)(=O)=O. The standard InChI is InChI=1S/C35H38BrN3O5S/c1-4-26(2)37-35(41)33(23-27-11-7-5-8-12-27)38(24-28-15-17-29(36)18-16-28)34(40)25-39(45(3,42)43)30-19-21-32(22-20-30)44-31-13-9-6-10-14-31/h5-22,26,33H,4,23-25H2,1-3H3,(H,37,41). The van der Waals surface area contributed by atoms with Gasteiger partial charge in [-0.1, -0.05) is 83.5 Å². The Labute approximate surface area is 274 Å². The molecular weight excluding hydrogens is 654 g/mol. The predicted molar refractivity (Wildman–Crippen MR) is 182 cm³/mol. The Balaban J connectivity index is 1.67. The number of anilines is 1. The van der Waals surface area contributed by atoms with Gasteiger partial charge in [-0.05, 0) is 73.0 Å². The molecule has 4 aromatic rings. The third-order valence-corrected chi connectivity index (χ3v) is 8.99. The zero-order valence-corrected chi connectivity index (χ0v) is 28.0. The second-order valence-electron chi connectivity index (χ2n) is 10.9. The number of benzene rings is 4. The molecule has 0 radical (unpaired) electrons. The number of hydrogen-bond acceptors (Lipinski definition) is 5. The van der Waals surface area contributed by atoms with Crippen molar-refractivity contribution in [3.8, 4) is 11.5 Å². The number of carbonyl (C=O) groups excluding carboxylic acids is 2. The maximum absolute atomic E-state index is 14.3. The van der Waals surface area contributed by atoms with Gasteiger partial charge >= 0.3 is 0 Å². The molecule has 0 bridgehead atoms. The highest BCUT2D eigenvalue weighted by atomic mass is 79.9. The minimum atomic E-state index is -3.89. The normalized spacial score (nSPS) is 12.5. The third kappa shape index (κ3) is 9.92. The molecule has 236 valence electrons. The van der Waals surface area contributed by atoms with Crippen LogP contribution in [0.15, 0.2) is 114 Å². The lowest BCUT2D eigenvalue weighted by molar-refractivity contribution is -0.140. The van der Waals surface area contributed by atoms with E-state index in [0.29, 0.717) is 17.2 Å². The largest absolute Gasteiger partial charge is 0.457 e. The molecule has 0 aliphatic carbocycles. The molecule has 45 heavy (non-hydrogen) atoms. The highest BCUT2D eigenvalue weighted by Crippen LogP contribution is 2.26. The number of nitrogens with one attached hydrogen (secondary N) is 1. The minimum Gasteiger partial charge on any atom is -0.457 e. The van der Waals surface area contributed by atoms with E-state index < -0.39 is 28.5 Å². The first-order chi connectivity index (χ1) is 21.5. The van der Waals surface area contributed by atoms with Crippen LogP contribution in [-0.2, 0) is 32.6 Å². The molecular formula is C35H38BrN3O5S. The maximum Gasteiger partial charge on any atom is 0.244 e. The van der Waals surface area contributed by atoms with Gasteiger partial charge in [-0.2, -0.15) is 0 Å². The van der Waals surface area contributed by atoms with E-state index in [-0.39, 0.29) is 24.9 Å². The second kappa shape index (κ2) is 15.7. The molecule has 0 aliphatic heterocycles. The lowest BCUT2D eigenvalue weighted by Crippen LogP contribution is -2.54. The molecule has 4 aromatic carbocycles. The fraction of sp³-hybridized carbons (Fsp3) is 0.257. The summed E-state index contributed by atoms with van der Waals surface area (Å²) in [4.78, 5) is 29.5. The van der Waals surface area contributed by atoms with E-state index in [2.05, 4.69) is 21.2 Å². The molecule has 8 nitrogen and oxygen atoms in total. The van der Waals surface area contributed by atoms with Crippen LogP contribution in [0.25, 0.3) is 0 Å². The van der Waals surface area contributed by atoms with Crippen molar-refractivity contribution < 1.29 is 22.7 Å². The van der Waals surface area contributed by atoms with Gasteiger partial charge < -0.3 is 15.0 Å². The summed E-state index contributed by atoms with van der Waals surface area (Å²) in [6.45, 7) is 3.51. The molecule has 0 aromatic heterocycles. The van der Waals surface area contributed by atoms with Crippen molar-refractivity contribution in [3.05, 3.63) is 125 Å². The van der Waals surface area contributed by atoms with Gasteiger partial charge in [0, 0.05) is 23.5 Å². The van der Waals surface area contributed by atoms with Crippen LogP contribution >= 0.6 is 15.9 Å². The number of para-hydroxylation sites is 1. The maximum atomic E-state index is 14.3. The van der Waals surface area contributed by atoms with Gasteiger partial charge in [0.2, 0.25) is 21.8 Å². The number of sulfonamides is 1. The van der Waals surface area contributed by atoms with E-state index in [1.807, 2.05) is 98.8 Å². The van der Waals surface area contributed by atoms with Gasteiger partial charge in [0.1, 0.15) is 24.1 Å². The Morgan fingerprint density at radius 1 is 0.822 bits per heavy atom. The van der Waals surface area contributed by atoms with E-state index in [4.69, 9.17) is 4.74 Å². The van der Waals surface area contributed by atoms with Gasteiger partial charge in [0.05, 0.1) is 11.9 Å². The van der Waals surface area contributed by atoms with E-state index in [9.17, 15) is 18.0 Å². The second-order valence-corrected chi connectivity index (χ2v) is 13.7. The van der Waals surface area contributed by atoms with Crippen LogP contribution < -0.4 is 14.4 Å². The molecule has 2 atom stereocenters. The third-order valence-electron chi connectivity index (χ3n) is 7.32. The van der Waals surface area contributed by atoms with Crippen LogP contribution in [-0.4, -0.2) is 50.0 Å². The van der Waals surface area contributed by atoms with E-state index in [1.54, 1.807) is 24.3 Å². The molecule has 0 fully saturated rings. The predicted octanol–water partition coefficient (Wildman–Crippen LogP) is 6.56. The molecule has 0 heterocycles. The fourth-order valence-corrected chi connectivity index (χ4v) is 5.81. The van der Waals surface area contributed by atoms with Crippen molar-refractivity contribution in [2.24, 2.45) is 0 Å². The van der Waals surface area contributed by atoms with Crippen molar-refractivity contribution in [2.75, 3.05) is 17.1 Å². The van der Waals surface area contributed by atoms with Gasteiger partial charge in [-0.3, -0.25) is 13.9 Å². The van der Waals surface area contributed by atoms with Crippen molar-refractivity contribution >= 4 is 43.5 Å². The fourth-order valence-electron chi connectivity index (χ4n) is 4.70. The molecule has 10 heteroatoms. The minimum absolute atomic E-state index is 0.107. The quantitative estimate of drug-likeness (QED) is 0.162. The summed E-state index contributed by atoms with van der Waals surface area (Å²) < 4.78 is 34.0. The average molecular weight is 693 g/mol. The lowest BCUT2D eigenvalue weighted by Gasteiger charge is -2.34. The Morgan fingerprint density at radius 3 is 1.98 bits per heavy atom. The Hall–Kier alpha value is -4.15. The molecule has 2 amide bonds. The number of ether oxygens (including phenoxy) is 1. The smallest absolute Gasteiger partial charge is 0.244 e. The first kappa shape index (κ1) is 33.7.